The Morgan fingerprint density at radius 2 is 1.67 bits per heavy atom. The molecule has 0 spiro atoms. The maximum absolute atomic E-state index is 12.2. The van der Waals surface area contributed by atoms with Crippen molar-refractivity contribution in [1.29, 1.82) is 0 Å². The van der Waals surface area contributed by atoms with Crippen molar-refractivity contribution in [3.63, 3.8) is 0 Å². The minimum atomic E-state index is -0.879. The first-order chi connectivity index (χ1) is 11.4. The van der Waals surface area contributed by atoms with Crippen LogP contribution in [0.5, 0.6) is 0 Å². The van der Waals surface area contributed by atoms with E-state index in [0.717, 1.165) is 5.56 Å². The average molecular weight is 446 g/mol. The molecule has 1 unspecified atom stereocenters. The molecular formula is C15H19IN4O4. The summed E-state index contributed by atoms with van der Waals surface area (Å²) in [6, 6.07) is 8.23. The predicted molar refractivity (Wildman–Crippen MR) is 96.2 cm³/mol. The average Bonchev–Trinajstić information content (AvgIpc) is 2.57. The number of hydrogen-bond donors (Lipinski definition) is 4. The number of amides is 4. The Bertz CT molecular complexity index is 594. The molecule has 0 bridgehead atoms. The van der Waals surface area contributed by atoms with Gasteiger partial charge in [-0.05, 0) is 5.56 Å². The summed E-state index contributed by atoms with van der Waals surface area (Å²) in [5, 5.41) is 7.34. The molecule has 1 atom stereocenters. The van der Waals surface area contributed by atoms with Crippen LogP contribution in [0.1, 0.15) is 5.56 Å². The van der Waals surface area contributed by atoms with Crippen molar-refractivity contribution in [3.8, 4) is 0 Å². The van der Waals surface area contributed by atoms with Crippen LogP contribution in [0, 0.1) is 0 Å². The Kier molecular flexibility index (Phi) is 8.76. The fraction of sp³-hybridized carbons (Fsp3) is 0.333. The quantitative estimate of drug-likeness (QED) is 0.283. The van der Waals surface area contributed by atoms with Crippen LogP contribution in [0.3, 0.4) is 0 Å². The largest absolute Gasteiger partial charge is 0.368 e. The van der Waals surface area contributed by atoms with E-state index in [9.17, 15) is 19.2 Å². The predicted octanol–water partition coefficient (Wildman–Crippen LogP) is -1.13. The molecular weight excluding hydrogens is 427 g/mol. The Balaban J connectivity index is 2.69. The van der Waals surface area contributed by atoms with E-state index in [1.165, 1.54) is 0 Å². The van der Waals surface area contributed by atoms with Gasteiger partial charge in [-0.15, -0.1) is 0 Å². The normalized spacial score (nSPS) is 11.2. The Morgan fingerprint density at radius 3 is 2.25 bits per heavy atom. The van der Waals surface area contributed by atoms with Crippen LogP contribution in [0.4, 0.5) is 0 Å². The van der Waals surface area contributed by atoms with Crippen LogP contribution >= 0.6 is 22.6 Å². The van der Waals surface area contributed by atoms with Gasteiger partial charge in [-0.3, -0.25) is 19.2 Å². The summed E-state index contributed by atoms with van der Waals surface area (Å²) < 4.78 is 0.234. The molecule has 4 amide bonds. The van der Waals surface area contributed by atoms with Crippen LogP contribution in [-0.4, -0.2) is 47.2 Å². The summed E-state index contributed by atoms with van der Waals surface area (Å²) in [6.07, 6.45) is 0.247. The zero-order valence-corrected chi connectivity index (χ0v) is 15.0. The first kappa shape index (κ1) is 19.9. The fourth-order valence-corrected chi connectivity index (χ4v) is 2.10. The molecule has 1 aromatic carbocycles. The van der Waals surface area contributed by atoms with Gasteiger partial charge in [-0.2, -0.15) is 0 Å². The second-order valence-electron chi connectivity index (χ2n) is 4.90. The maximum atomic E-state index is 12.2. The molecule has 0 saturated carbocycles. The molecule has 1 aromatic rings. The molecule has 5 N–H and O–H groups in total. The summed E-state index contributed by atoms with van der Waals surface area (Å²) in [5.74, 6) is -1.97. The van der Waals surface area contributed by atoms with E-state index in [1.54, 1.807) is 0 Å². The lowest BCUT2D eigenvalue weighted by Crippen LogP contribution is -2.51. The summed E-state index contributed by atoms with van der Waals surface area (Å²) in [4.78, 5) is 46.0. The van der Waals surface area contributed by atoms with Crippen molar-refractivity contribution < 1.29 is 19.2 Å². The molecule has 0 fully saturated rings. The molecule has 24 heavy (non-hydrogen) atoms. The zero-order chi connectivity index (χ0) is 17.9. The molecule has 0 aliphatic carbocycles. The van der Waals surface area contributed by atoms with Crippen molar-refractivity contribution in [3.05, 3.63) is 35.9 Å². The number of nitrogens with two attached hydrogens (primary N) is 1. The number of carbonyl (C=O) groups excluding carboxylic acids is 4. The molecule has 0 aromatic heterocycles. The second-order valence-corrected chi connectivity index (χ2v) is 5.67. The van der Waals surface area contributed by atoms with Gasteiger partial charge in [-0.25, -0.2) is 0 Å². The first-order valence-electron chi connectivity index (χ1n) is 7.14. The molecule has 0 aliphatic heterocycles. The van der Waals surface area contributed by atoms with Crippen molar-refractivity contribution in [1.82, 2.24) is 16.0 Å². The molecule has 0 saturated heterocycles. The highest BCUT2D eigenvalue weighted by molar-refractivity contribution is 14.1. The molecule has 8 nitrogen and oxygen atoms in total. The van der Waals surface area contributed by atoms with Gasteiger partial charge in [0.2, 0.25) is 23.6 Å². The number of halogens is 1. The van der Waals surface area contributed by atoms with Gasteiger partial charge >= 0.3 is 0 Å². The number of nitrogens with one attached hydrogen (secondary N) is 3. The summed E-state index contributed by atoms with van der Waals surface area (Å²) in [6.45, 7) is -0.540. The Morgan fingerprint density at radius 1 is 1.00 bits per heavy atom. The lowest BCUT2D eigenvalue weighted by molar-refractivity contribution is -0.130. The monoisotopic (exact) mass is 446 g/mol. The van der Waals surface area contributed by atoms with E-state index < -0.39 is 23.8 Å². The molecule has 0 radical (unpaired) electrons. The van der Waals surface area contributed by atoms with Crippen molar-refractivity contribution in [2.75, 3.05) is 17.5 Å². The molecule has 130 valence electrons. The number of carbonyl (C=O) groups is 4. The van der Waals surface area contributed by atoms with Gasteiger partial charge in [0.1, 0.15) is 6.04 Å². The van der Waals surface area contributed by atoms with Gasteiger partial charge in [0.05, 0.1) is 17.5 Å². The molecule has 9 heteroatoms. The lowest BCUT2D eigenvalue weighted by Gasteiger charge is -2.18. The highest BCUT2D eigenvalue weighted by Crippen LogP contribution is 2.03. The SMILES string of the molecule is NC(=O)CNC(=O)C(Cc1ccccc1)NC(=O)CNC(=O)CI. The van der Waals surface area contributed by atoms with Crippen molar-refractivity contribution >= 4 is 46.2 Å². The Labute approximate surface area is 153 Å². The van der Waals surface area contributed by atoms with Crippen LogP contribution in [0.25, 0.3) is 0 Å². The third kappa shape index (κ3) is 7.90. The van der Waals surface area contributed by atoms with E-state index in [1.807, 2.05) is 52.9 Å². The highest BCUT2D eigenvalue weighted by Gasteiger charge is 2.21. The fourth-order valence-electron chi connectivity index (χ4n) is 1.83. The van der Waals surface area contributed by atoms with E-state index in [0.29, 0.717) is 0 Å². The minimum Gasteiger partial charge on any atom is -0.368 e. The van der Waals surface area contributed by atoms with Gasteiger partial charge in [0.25, 0.3) is 0 Å². The third-order valence-electron chi connectivity index (χ3n) is 2.94. The standard InChI is InChI=1S/C15H19IN4O4/c16-7-13(22)18-9-14(23)20-11(15(24)19-8-12(17)21)6-10-4-2-1-3-5-10/h1-5,11H,6-9H2,(H2,17,21)(H,18,22)(H,19,24)(H,20,23). The van der Waals surface area contributed by atoms with Crippen molar-refractivity contribution in [2.24, 2.45) is 5.73 Å². The number of primary amides is 1. The minimum absolute atomic E-state index is 0.226. The number of rotatable bonds is 9. The van der Waals surface area contributed by atoms with Crippen LogP contribution in [0.15, 0.2) is 30.3 Å². The molecule has 0 heterocycles. The zero-order valence-electron chi connectivity index (χ0n) is 12.9. The van der Waals surface area contributed by atoms with Gasteiger partial charge < -0.3 is 21.7 Å². The summed E-state index contributed by atoms with van der Waals surface area (Å²) in [5.41, 5.74) is 5.84. The molecule has 0 aliphatic rings. The van der Waals surface area contributed by atoms with Crippen LogP contribution < -0.4 is 21.7 Å². The highest BCUT2D eigenvalue weighted by atomic mass is 127. The summed E-state index contributed by atoms with van der Waals surface area (Å²) >= 11 is 1.88. The number of alkyl halides is 1. The van der Waals surface area contributed by atoms with E-state index >= 15 is 0 Å². The topological polar surface area (TPSA) is 130 Å². The van der Waals surface area contributed by atoms with Gasteiger partial charge in [0, 0.05) is 6.42 Å². The van der Waals surface area contributed by atoms with Crippen molar-refractivity contribution in [2.45, 2.75) is 12.5 Å². The number of benzene rings is 1. The van der Waals surface area contributed by atoms with E-state index in [-0.39, 0.29) is 29.8 Å². The smallest absolute Gasteiger partial charge is 0.243 e. The van der Waals surface area contributed by atoms with Gasteiger partial charge in [-0.1, -0.05) is 52.9 Å². The summed E-state index contributed by atoms with van der Waals surface area (Å²) in [7, 11) is 0. The first-order valence-corrected chi connectivity index (χ1v) is 8.67. The van der Waals surface area contributed by atoms with Crippen LogP contribution in [0.2, 0.25) is 0 Å². The van der Waals surface area contributed by atoms with E-state index in [2.05, 4.69) is 16.0 Å². The van der Waals surface area contributed by atoms with E-state index in [4.69, 9.17) is 5.73 Å². The third-order valence-corrected chi connectivity index (χ3v) is 3.63. The number of hydrogen-bond acceptors (Lipinski definition) is 4. The molecule has 1 rings (SSSR count). The van der Waals surface area contributed by atoms with Crippen LogP contribution in [-0.2, 0) is 25.6 Å². The second kappa shape index (κ2) is 10.6. The Hall–Kier alpha value is -2.17. The van der Waals surface area contributed by atoms with Gasteiger partial charge in [0.15, 0.2) is 0 Å². The lowest BCUT2D eigenvalue weighted by atomic mass is 10.1. The maximum Gasteiger partial charge on any atom is 0.243 e.